The van der Waals surface area contributed by atoms with Crippen molar-refractivity contribution in [1.29, 1.82) is 0 Å². The molecule has 0 unspecified atom stereocenters. The number of phenolic OH excluding ortho intramolecular Hbond substituents is 1. The fourth-order valence-electron chi connectivity index (χ4n) is 1.39. The zero-order chi connectivity index (χ0) is 11.0. The van der Waals surface area contributed by atoms with E-state index < -0.39 is 0 Å². The van der Waals surface area contributed by atoms with E-state index in [9.17, 15) is 9.90 Å². The van der Waals surface area contributed by atoms with E-state index in [1.807, 2.05) is 0 Å². The SMILES string of the molecule is COc1cc(O)c2cc(C(C)=O)oc2c1. The molecule has 0 saturated heterocycles. The van der Waals surface area contributed by atoms with Crippen LogP contribution >= 0.6 is 0 Å². The van der Waals surface area contributed by atoms with Crippen LogP contribution in [0.25, 0.3) is 11.0 Å². The number of fused-ring (bicyclic) bond motifs is 1. The molecular weight excluding hydrogens is 196 g/mol. The summed E-state index contributed by atoms with van der Waals surface area (Å²) in [5, 5.41) is 10.1. The fraction of sp³-hybridized carbons (Fsp3) is 0.182. The molecule has 4 nitrogen and oxygen atoms in total. The Balaban J connectivity index is 2.69. The number of benzene rings is 1. The molecule has 1 N–H and O–H groups in total. The van der Waals surface area contributed by atoms with Crippen molar-refractivity contribution in [3.05, 3.63) is 24.0 Å². The van der Waals surface area contributed by atoms with E-state index in [0.29, 0.717) is 16.7 Å². The topological polar surface area (TPSA) is 59.7 Å². The van der Waals surface area contributed by atoms with Gasteiger partial charge in [-0.3, -0.25) is 4.79 Å². The Morgan fingerprint density at radius 1 is 1.40 bits per heavy atom. The normalized spacial score (nSPS) is 10.5. The molecule has 1 aromatic heterocycles. The van der Waals surface area contributed by atoms with Crippen LogP contribution in [0, 0.1) is 0 Å². The summed E-state index contributed by atoms with van der Waals surface area (Å²) in [5.74, 6) is 0.586. The minimum Gasteiger partial charge on any atom is -0.507 e. The summed E-state index contributed by atoms with van der Waals surface area (Å²) in [6, 6.07) is 4.62. The number of methoxy groups -OCH3 is 1. The summed E-state index contributed by atoms with van der Waals surface area (Å²) in [4.78, 5) is 11.1. The lowest BCUT2D eigenvalue weighted by Gasteiger charge is -1.99. The molecular formula is C11H10O4. The number of carbonyl (C=O) groups is 1. The number of hydrogen-bond acceptors (Lipinski definition) is 4. The van der Waals surface area contributed by atoms with Crippen molar-refractivity contribution in [3.63, 3.8) is 0 Å². The predicted molar refractivity (Wildman–Crippen MR) is 54.4 cm³/mol. The van der Waals surface area contributed by atoms with Crippen LogP contribution in [0.15, 0.2) is 22.6 Å². The Morgan fingerprint density at radius 3 is 2.73 bits per heavy atom. The monoisotopic (exact) mass is 206 g/mol. The Hall–Kier alpha value is -1.97. The van der Waals surface area contributed by atoms with Crippen molar-refractivity contribution in [2.24, 2.45) is 0 Å². The molecule has 4 heteroatoms. The minimum absolute atomic E-state index is 0.0422. The third-order valence-electron chi connectivity index (χ3n) is 2.17. The number of hydrogen-bond donors (Lipinski definition) is 1. The third-order valence-corrected chi connectivity index (χ3v) is 2.17. The highest BCUT2D eigenvalue weighted by molar-refractivity contribution is 5.97. The van der Waals surface area contributed by atoms with Gasteiger partial charge in [0.2, 0.25) is 0 Å². The first kappa shape index (κ1) is 9.58. The molecule has 1 aromatic carbocycles. The van der Waals surface area contributed by atoms with Crippen LogP contribution in [-0.2, 0) is 0 Å². The lowest BCUT2D eigenvalue weighted by Crippen LogP contribution is -1.85. The van der Waals surface area contributed by atoms with Gasteiger partial charge in [-0.15, -0.1) is 0 Å². The van der Waals surface area contributed by atoms with Crippen molar-refractivity contribution in [2.75, 3.05) is 7.11 Å². The van der Waals surface area contributed by atoms with Crippen molar-refractivity contribution < 1.29 is 19.1 Å². The molecule has 0 spiro atoms. The van der Waals surface area contributed by atoms with Crippen LogP contribution in [0.2, 0.25) is 0 Å². The van der Waals surface area contributed by atoms with Gasteiger partial charge in [-0.25, -0.2) is 0 Å². The van der Waals surface area contributed by atoms with Gasteiger partial charge < -0.3 is 14.3 Å². The van der Waals surface area contributed by atoms with Gasteiger partial charge in [-0.2, -0.15) is 0 Å². The van der Waals surface area contributed by atoms with Crippen molar-refractivity contribution in [2.45, 2.75) is 6.92 Å². The molecule has 0 fully saturated rings. The predicted octanol–water partition coefficient (Wildman–Crippen LogP) is 2.35. The fourth-order valence-corrected chi connectivity index (χ4v) is 1.39. The smallest absolute Gasteiger partial charge is 0.194 e. The molecule has 78 valence electrons. The first-order valence-corrected chi connectivity index (χ1v) is 4.43. The first-order chi connectivity index (χ1) is 7.11. The highest BCUT2D eigenvalue weighted by Crippen LogP contribution is 2.32. The standard InChI is InChI=1S/C11H10O4/c1-6(12)10-5-8-9(13)3-7(14-2)4-11(8)15-10/h3-5,13H,1-2H3. The highest BCUT2D eigenvalue weighted by Gasteiger charge is 2.12. The number of ether oxygens (including phenoxy) is 1. The zero-order valence-corrected chi connectivity index (χ0v) is 8.40. The van der Waals surface area contributed by atoms with Gasteiger partial charge in [0.25, 0.3) is 0 Å². The number of phenols is 1. The van der Waals surface area contributed by atoms with E-state index >= 15 is 0 Å². The number of carbonyl (C=O) groups excluding carboxylic acids is 1. The summed E-state index contributed by atoms with van der Waals surface area (Å²) in [5.41, 5.74) is 0.442. The molecule has 0 bridgehead atoms. The molecule has 1 heterocycles. The Labute approximate surface area is 86.1 Å². The molecule has 0 radical (unpaired) electrons. The minimum atomic E-state index is -0.176. The third kappa shape index (κ3) is 1.54. The molecule has 2 rings (SSSR count). The van der Waals surface area contributed by atoms with Gasteiger partial charge in [-0.05, 0) is 6.07 Å². The number of ketones is 1. The van der Waals surface area contributed by atoms with Gasteiger partial charge in [-0.1, -0.05) is 0 Å². The lowest BCUT2D eigenvalue weighted by atomic mass is 10.2. The second-order valence-electron chi connectivity index (χ2n) is 3.23. The van der Waals surface area contributed by atoms with E-state index in [1.165, 1.54) is 26.2 Å². The van der Waals surface area contributed by atoms with Gasteiger partial charge in [0, 0.05) is 19.1 Å². The Kier molecular flexibility index (Phi) is 2.11. The maximum atomic E-state index is 11.1. The number of aromatic hydroxyl groups is 1. The molecule has 0 aliphatic heterocycles. The molecule has 15 heavy (non-hydrogen) atoms. The number of Topliss-reactive ketones (excluding diaryl/α,β-unsaturated/α-hetero) is 1. The van der Waals surface area contributed by atoms with Crippen LogP contribution in [0.1, 0.15) is 17.5 Å². The second-order valence-corrected chi connectivity index (χ2v) is 3.23. The molecule has 0 saturated carbocycles. The quantitative estimate of drug-likeness (QED) is 0.766. The number of furan rings is 1. The Bertz CT molecular complexity index is 525. The van der Waals surface area contributed by atoms with E-state index in [2.05, 4.69) is 0 Å². The van der Waals surface area contributed by atoms with Crippen molar-refractivity contribution in [3.8, 4) is 11.5 Å². The van der Waals surface area contributed by atoms with Gasteiger partial charge >= 0.3 is 0 Å². The van der Waals surface area contributed by atoms with Crippen molar-refractivity contribution in [1.82, 2.24) is 0 Å². The Morgan fingerprint density at radius 2 is 2.13 bits per heavy atom. The average Bonchev–Trinajstić information content (AvgIpc) is 2.61. The summed E-state index contributed by atoms with van der Waals surface area (Å²) in [6.07, 6.45) is 0. The zero-order valence-electron chi connectivity index (χ0n) is 8.40. The van der Waals surface area contributed by atoms with E-state index in [-0.39, 0.29) is 17.3 Å². The van der Waals surface area contributed by atoms with Gasteiger partial charge in [0.05, 0.1) is 12.5 Å². The number of rotatable bonds is 2. The van der Waals surface area contributed by atoms with Crippen LogP contribution < -0.4 is 4.74 Å². The molecule has 2 aromatic rings. The van der Waals surface area contributed by atoms with Crippen LogP contribution in [-0.4, -0.2) is 18.0 Å². The highest BCUT2D eigenvalue weighted by atomic mass is 16.5. The molecule has 0 atom stereocenters. The molecule has 0 amide bonds. The molecule has 0 aliphatic carbocycles. The van der Waals surface area contributed by atoms with Crippen molar-refractivity contribution >= 4 is 16.8 Å². The summed E-state index contributed by atoms with van der Waals surface area (Å²) < 4.78 is 10.2. The lowest BCUT2D eigenvalue weighted by molar-refractivity contribution is 0.0989. The maximum absolute atomic E-state index is 11.1. The van der Waals surface area contributed by atoms with Gasteiger partial charge in [0.15, 0.2) is 11.5 Å². The van der Waals surface area contributed by atoms with E-state index in [1.54, 1.807) is 6.07 Å². The van der Waals surface area contributed by atoms with Gasteiger partial charge in [0.1, 0.15) is 17.1 Å². The molecule has 0 aliphatic rings. The average molecular weight is 206 g/mol. The second kappa shape index (κ2) is 3.31. The first-order valence-electron chi connectivity index (χ1n) is 4.43. The summed E-state index contributed by atoms with van der Waals surface area (Å²) >= 11 is 0. The van der Waals surface area contributed by atoms with E-state index in [4.69, 9.17) is 9.15 Å². The van der Waals surface area contributed by atoms with Crippen LogP contribution in [0.3, 0.4) is 0 Å². The maximum Gasteiger partial charge on any atom is 0.194 e. The summed E-state index contributed by atoms with van der Waals surface area (Å²) in [7, 11) is 1.50. The largest absolute Gasteiger partial charge is 0.507 e. The van der Waals surface area contributed by atoms with Crippen LogP contribution in [0.4, 0.5) is 0 Å². The summed E-state index contributed by atoms with van der Waals surface area (Å²) in [6.45, 7) is 1.41. The van der Waals surface area contributed by atoms with Crippen LogP contribution in [0.5, 0.6) is 11.5 Å². The van der Waals surface area contributed by atoms with E-state index in [0.717, 1.165) is 0 Å².